The van der Waals surface area contributed by atoms with Gasteiger partial charge in [0.05, 0.1) is 13.5 Å². The molecule has 166 valence electrons. The lowest BCUT2D eigenvalue weighted by Crippen LogP contribution is -2.40. The van der Waals surface area contributed by atoms with Crippen molar-refractivity contribution in [3.63, 3.8) is 0 Å². The third-order valence-corrected chi connectivity index (χ3v) is 5.44. The lowest BCUT2D eigenvalue weighted by Gasteiger charge is -2.23. The van der Waals surface area contributed by atoms with Gasteiger partial charge in [-0.25, -0.2) is 0 Å². The number of methoxy groups -OCH3 is 1. The minimum Gasteiger partial charge on any atom is -0.497 e. The van der Waals surface area contributed by atoms with Crippen LogP contribution in [-0.4, -0.2) is 31.2 Å². The van der Waals surface area contributed by atoms with Crippen molar-refractivity contribution in [3.8, 4) is 5.75 Å². The monoisotopic (exact) mass is 425 g/mol. The first kappa shape index (κ1) is 22.8. The van der Waals surface area contributed by atoms with Crippen molar-refractivity contribution in [1.29, 1.82) is 0 Å². The number of carbonyl (C=O) groups is 2. The summed E-state index contributed by atoms with van der Waals surface area (Å²) in [6.07, 6.45) is 5.06. The van der Waals surface area contributed by atoms with E-state index in [2.05, 4.69) is 5.32 Å². The molecular formula is C25H31NO5. The third-order valence-electron chi connectivity index (χ3n) is 5.44. The molecule has 6 nitrogen and oxygen atoms in total. The molecule has 1 atom stereocenters. The minimum atomic E-state index is -0.769. The largest absolute Gasteiger partial charge is 0.497 e. The van der Waals surface area contributed by atoms with Crippen LogP contribution in [0.2, 0.25) is 0 Å². The number of hydrogen-bond acceptors (Lipinski definition) is 6. The highest BCUT2D eigenvalue weighted by atomic mass is 16.5. The summed E-state index contributed by atoms with van der Waals surface area (Å²) in [7, 11) is 1.60. The van der Waals surface area contributed by atoms with Crippen LogP contribution in [0, 0.1) is 0 Å². The molecule has 6 heteroatoms. The van der Waals surface area contributed by atoms with Crippen LogP contribution < -0.4 is 10.1 Å². The van der Waals surface area contributed by atoms with Crippen LogP contribution in [0.15, 0.2) is 54.6 Å². The van der Waals surface area contributed by atoms with E-state index in [-0.39, 0.29) is 25.1 Å². The van der Waals surface area contributed by atoms with Crippen LogP contribution in [0.5, 0.6) is 5.75 Å². The van der Waals surface area contributed by atoms with Gasteiger partial charge in [0.2, 0.25) is 0 Å². The normalized spacial score (nSPS) is 15.1. The fourth-order valence-electron chi connectivity index (χ4n) is 3.64. The third kappa shape index (κ3) is 7.72. The number of ether oxygens (including phenoxy) is 3. The van der Waals surface area contributed by atoms with Crippen LogP contribution in [0.4, 0.5) is 0 Å². The lowest BCUT2D eigenvalue weighted by atomic mass is 9.98. The Balaban J connectivity index is 1.57. The molecule has 0 aromatic heterocycles. The average Bonchev–Trinajstić information content (AvgIpc) is 2.81. The summed E-state index contributed by atoms with van der Waals surface area (Å²) >= 11 is 0. The summed E-state index contributed by atoms with van der Waals surface area (Å²) in [6, 6.07) is 16.3. The molecule has 0 spiro atoms. The molecular weight excluding hydrogens is 394 g/mol. The number of nitrogens with one attached hydrogen (secondary N) is 1. The number of benzene rings is 2. The molecule has 0 saturated heterocycles. The smallest absolute Gasteiger partial charge is 0.324 e. The number of rotatable bonds is 10. The maximum Gasteiger partial charge on any atom is 0.324 e. The average molecular weight is 426 g/mol. The Bertz CT molecular complexity index is 816. The van der Waals surface area contributed by atoms with E-state index in [1.165, 1.54) is 6.42 Å². The lowest BCUT2D eigenvalue weighted by molar-refractivity contribution is -0.157. The summed E-state index contributed by atoms with van der Waals surface area (Å²) in [5.74, 6) is -0.0888. The van der Waals surface area contributed by atoms with Crippen molar-refractivity contribution >= 4 is 11.9 Å². The molecule has 1 fully saturated rings. The summed E-state index contributed by atoms with van der Waals surface area (Å²) < 4.78 is 16.2. The van der Waals surface area contributed by atoms with Gasteiger partial charge in [0.1, 0.15) is 24.5 Å². The van der Waals surface area contributed by atoms with Gasteiger partial charge in [-0.05, 0) is 48.9 Å². The summed E-state index contributed by atoms with van der Waals surface area (Å²) in [5, 5.41) is 3.16. The zero-order valence-electron chi connectivity index (χ0n) is 18.0. The Hall–Kier alpha value is -2.86. The molecule has 0 bridgehead atoms. The molecule has 31 heavy (non-hydrogen) atoms. The SMILES string of the molecule is COc1ccc(COC(=O)[C@H](CC(=O)OC2CCCCC2)NCc2ccccc2)cc1. The zero-order valence-corrected chi connectivity index (χ0v) is 18.0. The Labute approximate surface area is 183 Å². The number of carbonyl (C=O) groups excluding carboxylic acids is 2. The van der Waals surface area contributed by atoms with Crippen molar-refractivity contribution in [2.75, 3.05) is 7.11 Å². The molecule has 0 heterocycles. The molecule has 0 aliphatic heterocycles. The van der Waals surface area contributed by atoms with E-state index in [0.717, 1.165) is 42.6 Å². The Kier molecular flexibility index (Phi) is 8.91. The second-order valence-electron chi connectivity index (χ2n) is 7.83. The highest BCUT2D eigenvalue weighted by Crippen LogP contribution is 2.21. The molecule has 2 aromatic rings. The van der Waals surface area contributed by atoms with E-state index in [4.69, 9.17) is 14.2 Å². The van der Waals surface area contributed by atoms with E-state index in [1.807, 2.05) is 54.6 Å². The summed E-state index contributed by atoms with van der Waals surface area (Å²) in [5.41, 5.74) is 1.87. The maximum atomic E-state index is 12.8. The van der Waals surface area contributed by atoms with Crippen LogP contribution in [-0.2, 0) is 32.2 Å². The van der Waals surface area contributed by atoms with E-state index in [0.29, 0.717) is 6.54 Å². The molecule has 0 radical (unpaired) electrons. The highest BCUT2D eigenvalue weighted by Gasteiger charge is 2.26. The van der Waals surface area contributed by atoms with Gasteiger partial charge in [-0.1, -0.05) is 48.9 Å². The summed E-state index contributed by atoms with van der Waals surface area (Å²) in [6.45, 7) is 0.587. The van der Waals surface area contributed by atoms with E-state index in [1.54, 1.807) is 7.11 Å². The fraction of sp³-hybridized carbons (Fsp3) is 0.440. The van der Waals surface area contributed by atoms with Gasteiger partial charge in [-0.3, -0.25) is 14.9 Å². The second kappa shape index (κ2) is 12.1. The van der Waals surface area contributed by atoms with E-state index < -0.39 is 12.0 Å². The van der Waals surface area contributed by atoms with Crippen molar-refractivity contribution in [2.45, 2.75) is 63.8 Å². The quantitative estimate of drug-likeness (QED) is 0.576. The van der Waals surface area contributed by atoms with Gasteiger partial charge < -0.3 is 14.2 Å². The second-order valence-corrected chi connectivity index (χ2v) is 7.83. The molecule has 0 amide bonds. The molecule has 2 aromatic carbocycles. The van der Waals surface area contributed by atoms with Crippen LogP contribution in [0.3, 0.4) is 0 Å². The van der Waals surface area contributed by atoms with Gasteiger partial charge in [-0.2, -0.15) is 0 Å². The maximum absolute atomic E-state index is 12.8. The number of hydrogen-bond donors (Lipinski definition) is 1. The Morgan fingerprint density at radius 1 is 0.968 bits per heavy atom. The molecule has 3 rings (SSSR count). The van der Waals surface area contributed by atoms with Crippen molar-refractivity contribution in [1.82, 2.24) is 5.32 Å². The molecule has 1 aliphatic rings. The van der Waals surface area contributed by atoms with Crippen molar-refractivity contribution in [2.24, 2.45) is 0 Å². The number of esters is 2. The van der Waals surface area contributed by atoms with E-state index >= 15 is 0 Å². The Morgan fingerprint density at radius 2 is 1.68 bits per heavy atom. The van der Waals surface area contributed by atoms with Crippen LogP contribution >= 0.6 is 0 Å². The first-order chi connectivity index (χ1) is 15.1. The molecule has 0 unspecified atom stereocenters. The fourth-order valence-corrected chi connectivity index (χ4v) is 3.64. The van der Waals surface area contributed by atoms with Gasteiger partial charge in [0.25, 0.3) is 0 Å². The molecule has 1 N–H and O–H groups in total. The van der Waals surface area contributed by atoms with E-state index in [9.17, 15) is 9.59 Å². The van der Waals surface area contributed by atoms with Crippen molar-refractivity contribution in [3.05, 3.63) is 65.7 Å². The first-order valence-electron chi connectivity index (χ1n) is 10.9. The minimum absolute atomic E-state index is 0.0358. The predicted octanol–water partition coefficient (Wildman–Crippen LogP) is 4.16. The van der Waals surface area contributed by atoms with Crippen LogP contribution in [0.25, 0.3) is 0 Å². The van der Waals surface area contributed by atoms with Crippen molar-refractivity contribution < 1.29 is 23.8 Å². The summed E-state index contributed by atoms with van der Waals surface area (Å²) in [4.78, 5) is 25.3. The molecule has 1 aliphatic carbocycles. The first-order valence-corrected chi connectivity index (χ1v) is 10.9. The van der Waals surface area contributed by atoms with Gasteiger partial charge in [-0.15, -0.1) is 0 Å². The highest BCUT2D eigenvalue weighted by molar-refractivity contribution is 5.82. The molecule has 1 saturated carbocycles. The zero-order chi connectivity index (χ0) is 21.9. The van der Waals surface area contributed by atoms with Crippen LogP contribution in [0.1, 0.15) is 49.7 Å². The standard InChI is InChI=1S/C25H31NO5/c1-29-21-14-12-20(13-15-21)18-30-25(28)23(26-17-19-8-4-2-5-9-19)16-24(27)31-22-10-6-3-7-11-22/h2,4-5,8-9,12-15,22-23,26H,3,6-7,10-11,16-18H2,1H3/t23-/m0/s1. The predicted molar refractivity (Wildman–Crippen MR) is 117 cm³/mol. The van der Waals surface area contributed by atoms with Gasteiger partial charge in [0, 0.05) is 6.54 Å². The van der Waals surface area contributed by atoms with Gasteiger partial charge in [0.15, 0.2) is 0 Å². The van der Waals surface area contributed by atoms with Gasteiger partial charge >= 0.3 is 11.9 Å². The topological polar surface area (TPSA) is 73.9 Å². The Morgan fingerprint density at radius 3 is 2.35 bits per heavy atom.